The third-order valence-corrected chi connectivity index (χ3v) is 5.49. The predicted molar refractivity (Wildman–Crippen MR) is 110 cm³/mol. The Bertz CT molecular complexity index is 764. The van der Waals surface area contributed by atoms with Crippen molar-refractivity contribution in [2.75, 3.05) is 44.7 Å². The van der Waals surface area contributed by atoms with Crippen LogP contribution in [0.15, 0.2) is 42.6 Å². The molecule has 0 unspecified atom stereocenters. The number of piperazine rings is 1. The smallest absolute Gasteiger partial charge is 0.223 e. The van der Waals surface area contributed by atoms with Gasteiger partial charge >= 0.3 is 0 Å². The fraction of sp³-hybridized carbons (Fsp3) is 0.400. The number of hydrogen-bond acceptors (Lipinski definition) is 4. The van der Waals surface area contributed by atoms with Gasteiger partial charge in [0, 0.05) is 51.9 Å². The number of carbonyl (C=O) groups is 1. The third-order valence-electron chi connectivity index (χ3n) is 4.75. The minimum Gasteiger partial charge on any atom is -0.353 e. The second-order valence-corrected chi connectivity index (χ2v) is 7.61. The number of amides is 1. The highest BCUT2D eigenvalue weighted by molar-refractivity contribution is 6.42. The van der Waals surface area contributed by atoms with Crippen LogP contribution in [0.3, 0.4) is 0 Å². The fourth-order valence-corrected chi connectivity index (χ4v) is 3.52. The SMILES string of the molecule is CN(CCC(=O)N1CCN(c2ccccn2)CC1)Cc1ccc(Cl)c(Cl)c1. The van der Waals surface area contributed by atoms with Gasteiger partial charge in [0.25, 0.3) is 0 Å². The van der Waals surface area contributed by atoms with Crippen LogP contribution in [-0.4, -0.2) is 60.5 Å². The molecule has 144 valence electrons. The first-order chi connectivity index (χ1) is 13.0. The molecule has 0 bridgehead atoms. The molecule has 0 spiro atoms. The van der Waals surface area contributed by atoms with E-state index in [1.807, 2.05) is 42.3 Å². The minimum absolute atomic E-state index is 0.205. The van der Waals surface area contributed by atoms with Crippen LogP contribution < -0.4 is 4.90 Å². The van der Waals surface area contributed by atoms with Crippen molar-refractivity contribution in [2.24, 2.45) is 0 Å². The average molecular weight is 407 g/mol. The Morgan fingerprint density at radius 1 is 1.11 bits per heavy atom. The molecular formula is C20H24Cl2N4O. The number of pyridine rings is 1. The molecule has 7 heteroatoms. The molecule has 3 rings (SSSR count). The van der Waals surface area contributed by atoms with Crippen molar-refractivity contribution in [2.45, 2.75) is 13.0 Å². The Balaban J connectivity index is 1.42. The zero-order valence-corrected chi connectivity index (χ0v) is 17.0. The van der Waals surface area contributed by atoms with Crippen molar-refractivity contribution in [1.29, 1.82) is 0 Å². The molecular weight excluding hydrogens is 383 g/mol. The van der Waals surface area contributed by atoms with Crippen molar-refractivity contribution in [3.63, 3.8) is 0 Å². The molecule has 0 N–H and O–H groups in total. The Morgan fingerprint density at radius 2 is 1.89 bits per heavy atom. The third kappa shape index (κ3) is 5.58. The van der Waals surface area contributed by atoms with Crippen LogP contribution in [0.4, 0.5) is 5.82 Å². The lowest BCUT2D eigenvalue weighted by atomic mass is 10.2. The molecule has 0 radical (unpaired) electrons. The molecule has 1 amide bonds. The Hall–Kier alpha value is -1.82. The lowest BCUT2D eigenvalue weighted by Gasteiger charge is -2.35. The van der Waals surface area contributed by atoms with Crippen LogP contribution in [-0.2, 0) is 11.3 Å². The lowest BCUT2D eigenvalue weighted by molar-refractivity contribution is -0.131. The molecule has 5 nitrogen and oxygen atoms in total. The van der Waals surface area contributed by atoms with Gasteiger partial charge in [0.2, 0.25) is 5.91 Å². The first-order valence-corrected chi connectivity index (χ1v) is 9.85. The van der Waals surface area contributed by atoms with Gasteiger partial charge in [0.15, 0.2) is 0 Å². The summed E-state index contributed by atoms with van der Waals surface area (Å²) in [4.78, 5) is 23.2. The van der Waals surface area contributed by atoms with Crippen LogP contribution in [0.25, 0.3) is 0 Å². The molecule has 2 heterocycles. The van der Waals surface area contributed by atoms with Crippen molar-refractivity contribution in [1.82, 2.24) is 14.8 Å². The number of nitrogens with zero attached hydrogens (tertiary/aromatic N) is 4. The van der Waals surface area contributed by atoms with Gasteiger partial charge in [-0.3, -0.25) is 4.79 Å². The average Bonchev–Trinajstić information content (AvgIpc) is 2.70. The lowest BCUT2D eigenvalue weighted by Crippen LogP contribution is -2.49. The summed E-state index contributed by atoms with van der Waals surface area (Å²) in [6, 6.07) is 11.6. The van der Waals surface area contributed by atoms with Crippen LogP contribution in [0.5, 0.6) is 0 Å². The largest absolute Gasteiger partial charge is 0.353 e. The summed E-state index contributed by atoms with van der Waals surface area (Å²) in [6.07, 6.45) is 2.32. The minimum atomic E-state index is 0.205. The number of anilines is 1. The van der Waals surface area contributed by atoms with E-state index in [1.54, 1.807) is 12.3 Å². The maximum Gasteiger partial charge on any atom is 0.223 e. The monoisotopic (exact) mass is 406 g/mol. The summed E-state index contributed by atoms with van der Waals surface area (Å²) < 4.78 is 0. The molecule has 1 aliphatic rings. The quantitative estimate of drug-likeness (QED) is 0.734. The second-order valence-electron chi connectivity index (χ2n) is 6.79. The summed E-state index contributed by atoms with van der Waals surface area (Å²) in [5.41, 5.74) is 1.09. The number of rotatable bonds is 6. The van der Waals surface area contributed by atoms with E-state index in [-0.39, 0.29) is 5.91 Å². The van der Waals surface area contributed by atoms with Crippen LogP contribution >= 0.6 is 23.2 Å². The van der Waals surface area contributed by atoms with E-state index in [9.17, 15) is 4.79 Å². The second kappa shape index (κ2) is 9.40. The highest BCUT2D eigenvalue weighted by Gasteiger charge is 2.21. The van der Waals surface area contributed by atoms with Gasteiger partial charge in [-0.1, -0.05) is 35.3 Å². The summed E-state index contributed by atoms with van der Waals surface area (Å²) in [5, 5.41) is 1.12. The molecule has 27 heavy (non-hydrogen) atoms. The molecule has 1 aromatic heterocycles. The number of carbonyl (C=O) groups excluding carboxylic acids is 1. The van der Waals surface area contributed by atoms with Gasteiger partial charge in [-0.15, -0.1) is 0 Å². The van der Waals surface area contributed by atoms with Crippen LogP contribution in [0.1, 0.15) is 12.0 Å². The van der Waals surface area contributed by atoms with E-state index < -0.39 is 0 Å². The van der Waals surface area contributed by atoms with Gasteiger partial charge in [-0.25, -0.2) is 4.98 Å². The normalized spacial score (nSPS) is 14.7. The summed E-state index contributed by atoms with van der Waals surface area (Å²) in [6.45, 7) is 4.57. The molecule has 0 saturated carbocycles. The van der Waals surface area contributed by atoms with Gasteiger partial charge < -0.3 is 14.7 Å². The molecule has 1 aliphatic heterocycles. The predicted octanol–water partition coefficient (Wildman–Crippen LogP) is 3.56. The highest BCUT2D eigenvalue weighted by Crippen LogP contribution is 2.23. The van der Waals surface area contributed by atoms with Crippen molar-refractivity contribution in [3.8, 4) is 0 Å². The summed E-state index contributed by atoms with van der Waals surface area (Å²) in [7, 11) is 2.01. The Morgan fingerprint density at radius 3 is 2.56 bits per heavy atom. The van der Waals surface area contributed by atoms with Gasteiger partial charge in [0.1, 0.15) is 5.82 Å². The zero-order valence-electron chi connectivity index (χ0n) is 15.4. The standard InChI is InChI=1S/C20H24Cl2N4O/c1-24(15-16-5-6-17(21)18(22)14-16)9-7-20(27)26-12-10-25(11-13-26)19-4-2-3-8-23-19/h2-6,8,14H,7,9-13,15H2,1H3. The van der Waals surface area contributed by atoms with E-state index in [2.05, 4.69) is 14.8 Å². The molecule has 1 saturated heterocycles. The highest BCUT2D eigenvalue weighted by atomic mass is 35.5. The van der Waals surface area contributed by atoms with Crippen molar-refractivity contribution < 1.29 is 4.79 Å². The Labute approximate surface area is 170 Å². The Kier molecular flexibility index (Phi) is 6.94. The topological polar surface area (TPSA) is 39.7 Å². The van der Waals surface area contributed by atoms with E-state index in [1.165, 1.54) is 0 Å². The van der Waals surface area contributed by atoms with E-state index in [4.69, 9.17) is 23.2 Å². The maximum atomic E-state index is 12.5. The first-order valence-electron chi connectivity index (χ1n) is 9.09. The first kappa shape index (κ1) is 19.9. The van der Waals surface area contributed by atoms with E-state index in [0.29, 0.717) is 23.0 Å². The number of halogens is 2. The van der Waals surface area contributed by atoms with Gasteiger partial charge in [-0.2, -0.15) is 0 Å². The van der Waals surface area contributed by atoms with Crippen molar-refractivity contribution in [3.05, 3.63) is 58.2 Å². The molecule has 0 atom stereocenters. The summed E-state index contributed by atoms with van der Waals surface area (Å²) in [5.74, 6) is 1.18. The summed E-state index contributed by atoms with van der Waals surface area (Å²) >= 11 is 12.0. The fourth-order valence-electron chi connectivity index (χ4n) is 3.20. The van der Waals surface area contributed by atoms with E-state index in [0.717, 1.165) is 44.1 Å². The molecule has 1 aromatic carbocycles. The van der Waals surface area contributed by atoms with Gasteiger partial charge in [-0.05, 0) is 36.9 Å². The van der Waals surface area contributed by atoms with E-state index >= 15 is 0 Å². The van der Waals surface area contributed by atoms with Crippen LogP contribution in [0.2, 0.25) is 10.0 Å². The number of benzene rings is 1. The molecule has 1 fully saturated rings. The van der Waals surface area contributed by atoms with Crippen LogP contribution in [0, 0.1) is 0 Å². The molecule has 0 aliphatic carbocycles. The van der Waals surface area contributed by atoms with Gasteiger partial charge in [0.05, 0.1) is 10.0 Å². The van der Waals surface area contributed by atoms with Crippen molar-refractivity contribution >= 4 is 34.9 Å². The zero-order chi connectivity index (χ0) is 19.2. The number of aromatic nitrogens is 1. The number of hydrogen-bond donors (Lipinski definition) is 0. The maximum absolute atomic E-state index is 12.5. The molecule has 2 aromatic rings.